The van der Waals surface area contributed by atoms with Gasteiger partial charge in [-0.25, -0.2) is 0 Å². The summed E-state index contributed by atoms with van der Waals surface area (Å²) in [6.07, 6.45) is 1.79. The number of nitrogens with zero attached hydrogens (tertiary/aromatic N) is 3. The number of rotatable bonds is 7. The molecule has 0 aliphatic rings. The van der Waals surface area contributed by atoms with Crippen molar-refractivity contribution in [3.63, 3.8) is 0 Å². The summed E-state index contributed by atoms with van der Waals surface area (Å²) < 4.78 is 2.88. The lowest BCUT2D eigenvalue weighted by molar-refractivity contribution is -0.113. The van der Waals surface area contributed by atoms with E-state index in [0.717, 1.165) is 21.5 Å². The smallest absolute Gasteiger partial charge is 0.234 e. The minimum absolute atomic E-state index is 0.0949. The molecule has 7 heteroatoms. The average Bonchev–Trinajstić information content (AvgIpc) is 3.04. The predicted octanol–water partition coefficient (Wildman–Crippen LogP) is 4.62. The van der Waals surface area contributed by atoms with Crippen molar-refractivity contribution in [2.24, 2.45) is 0 Å². The van der Waals surface area contributed by atoms with Crippen LogP contribution >= 0.6 is 27.7 Å². The number of hydrogen-bond acceptors (Lipinski definition) is 4. The van der Waals surface area contributed by atoms with Crippen LogP contribution in [-0.4, -0.2) is 26.4 Å². The maximum absolute atomic E-state index is 12.2. The Hall–Kier alpha value is -2.38. The molecule has 3 aromatic rings. The minimum Gasteiger partial charge on any atom is -0.325 e. The zero-order valence-electron chi connectivity index (χ0n) is 13.9. The fourth-order valence-electron chi connectivity index (χ4n) is 2.38. The van der Waals surface area contributed by atoms with Crippen LogP contribution in [0, 0.1) is 0 Å². The average molecular weight is 429 g/mol. The van der Waals surface area contributed by atoms with Crippen molar-refractivity contribution in [1.82, 2.24) is 14.8 Å². The lowest BCUT2D eigenvalue weighted by Gasteiger charge is -2.08. The standard InChI is InChI=1S/C19H17BrN4OS/c1-2-11-24-18(14-7-4-3-5-8-14)22-23-19(24)26-13-17(25)21-16-10-6-9-15(20)12-16/h2-10,12H,1,11,13H2,(H,21,25). The van der Waals surface area contributed by atoms with Crippen molar-refractivity contribution in [3.05, 3.63) is 71.7 Å². The highest BCUT2D eigenvalue weighted by Gasteiger charge is 2.14. The first kappa shape index (κ1) is 18.4. The van der Waals surface area contributed by atoms with Gasteiger partial charge in [0.25, 0.3) is 0 Å². The van der Waals surface area contributed by atoms with E-state index in [-0.39, 0.29) is 11.7 Å². The summed E-state index contributed by atoms with van der Waals surface area (Å²) in [5.41, 5.74) is 1.73. The Morgan fingerprint density at radius 2 is 2.00 bits per heavy atom. The minimum atomic E-state index is -0.0949. The lowest BCUT2D eigenvalue weighted by Crippen LogP contribution is -2.14. The predicted molar refractivity (Wildman–Crippen MR) is 109 cm³/mol. The molecule has 0 unspecified atom stereocenters. The van der Waals surface area contributed by atoms with Gasteiger partial charge in [0.05, 0.1) is 5.75 Å². The van der Waals surface area contributed by atoms with E-state index >= 15 is 0 Å². The highest BCUT2D eigenvalue weighted by atomic mass is 79.9. The molecule has 132 valence electrons. The molecule has 26 heavy (non-hydrogen) atoms. The summed E-state index contributed by atoms with van der Waals surface area (Å²) in [5, 5.41) is 12.1. The van der Waals surface area contributed by atoms with Crippen LogP contribution < -0.4 is 5.32 Å². The Morgan fingerprint density at radius 3 is 2.73 bits per heavy atom. The van der Waals surface area contributed by atoms with Gasteiger partial charge in [0.2, 0.25) is 5.91 Å². The number of nitrogens with one attached hydrogen (secondary N) is 1. The Balaban J connectivity index is 1.70. The van der Waals surface area contributed by atoms with E-state index in [9.17, 15) is 4.79 Å². The van der Waals surface area contributed by atoms with Crippen LogP contribution in [0.25, 0.3) is 11.4 Å². The molecule has 0 radical (unpaired) electrons. The first-order chi connectivity index (χ1) is 12.7. The van der Waals surface area contributed by atoms with Crippen LogP contribution in [0.1, 0.15) is 0 Å². The van der Waals surface area contributed by atoms with Crippen LogP contribution in [0.3, 0.4) is 0 Å². The van der Waals surface area contributed by atoms with E-state index in [1.165, 1.54) is 11.8 Å². The molecule has 1 amide bonds. The van der Waals surface area contributed by atoms with E-state index < -0.39 is 0 Å². The van der Waals surface area contributed by atoms with Crippen molar-refractivity contribution >= 4 is 39.3 Å². The molecule has 1 aromatic heterocycles. The summed E-state index contributed by atoms with van der Waals surface area (Å²) in [6, 6.07) is 17.3. The van der Waals surface area contributed by atoms with Gasteiger partial charge in [-0.2, -0.15) is 0 Å². The molecule has 0 aliphatic heterocycles. The maximum atomic E-state index is 12.2. The molecular weight excluding hydrogens is 412 g/mol. The number of thioether (sulfide) groups is 1. The molecular formula is C19H17BrN4OS. The van der Waals surface area contributed by atoms with Gasteiger partial charge in [0.15, 0.2) is 11.0 Å². The number of benzene rings is 2. The largest absolute Gasteiger partial charge is 0.325 e. The molecule has 3 rings (SSSR count). The Labute approximate surface area is 164 Å². The molecule has 0 aliphatic carbocycles. The van der Waals surface area contributed by atoms with Gasteiger partial charge in [-0.1, -0.05) is 70.2 Å². The number of carbonyl (C=O) groups is 1. The van der Waals surface area contributed by atoms with Gasteiger partial charge in [-0.15, -0.1) is 16.8 Å². The summed E-state index contributed by atoms with van der Waals surface area (Å²) in [4.78, 5) is 12.2. The van der Waals surface area contributed by atoms with Crippen molar-refractivity contribution < 1.29 is 4.79 Å². The monoisotopic (exact) mass is 428 g/mol. The Bertz CT molecular complexity index is 911. The number of amides is 1. The molecule has 0 fully saturated rings. The highest BCUT2D eigenvalue weighted by Crippen LogP contribution is 2.24. The Morgan fingerprint density at radius 1 is 1.19 bits per heavy atom. The summed E-state index contributed by atoms with van der Waals surface area (Å²) in [7, 11) is 0. The van der Waals surface area contributed by atoms with Gasteiger partial charge in [0.1, 0.15) is 0 Å². The highest BCUT2D eigenvalue weighted by molar-refractivity contribution is 9.10. The number of hydrogen-bond donors (Lipinski definition) is 1. The topological polar surface area (TPSA) is 59.8 Å². The molecule has 1 N–H and O–H groups in total. The van der Waals surface area contributed by atoms with Crippen LogP contribution in [0.2, 0.25) is 0 Å². The SMILES string of the molecule is C=CCn1c(SCC(=O)Nc2cccc(Br)c2)nnc1-c1ccccc1. The number of allylic oxidation sites excluding steroid dienone is 1. The number of carbonyl (C=O) groups excluding carboxylic acids is 1. The first-order valence-electron chi connectivity index (χ1n) is 7.95. The van der Waals surface area contributed by atoms with Gasteiger partial charge < -0.3 is 5.32 Å². The lowest BCUT2D eigenvalue weighted by atomic mass is 10.2. The third-order valence-electron chi connectivity index (χ3n) is 3.50. The van der Waals surface area contributed by atoms with E-state index in [0.29, 0.717) is 11.7 Å². The van der Waals surface area contributed by atoms with Crippen LogP contribution in [-0.2, 0) is 11.3 Å². The van der Waals surface area contributed by atoms with Crippen molar-refractivity contribution in [2.45, 2.75) is 11.7 Å². The number of halogens is 1. The molecule has 0 saturated carbocycles. The van der Waals surface area contributed by atoms with Crippen molar-refractivity contribution in [2.75, 3.05) is 11.1 Å². The maximum Gasteiger partial charge on any atom is 0.234 e. The zero-order valence-corrected chi connectivity index (χ0v) is 16.3. The molecule has 0 saturated heterocycles. The van der Waals surface area contributed by atoms with Crippen molar-refractivity contribution in [3.8, 4) is 11.4 Å². The fourth-order valence-corrected chi connectivity index (χ4v) is 3.53. The summed E-state index contributed by atoms with van der Waals surface area (Å²) >= 11 is 4.74. The molecule has 0 spiro atoms. The van der Waals surface area contributed by atoms with Gasteiger partial charge >= 0.3 is 0 Å². The molecule has 2 aromatic carbocycles. The third-order valence-corrected chi connectivity index (χ3v) is 4.96. The first-order valence-corrected chi connectivity index (χ1v) is 9.73. The number of aromatic nitrogens is 3. The normalized spacial score (nSPS) is 10.5. The fraction of sp³-hybridized carbons (Fsp3) is 0.105. The van der Waals surface area contributed by atoms with Crippen LogP contribution in [0.15, 0.2) is 76.9 Å². The Kier molecular flexibility index (Phi) is 6.25. The van der Waals surface area contributed by atoms with E-state index in [1.54, 1.807) is 6.08 Å². The van der Waals surface area contributed by atoms with Gasteiger partial charge in [-0.05, 0) is 18.2 Å². The molecule has 0 atom stereocenters. The van der Waals surface area contributed by atoms with Crippen LogP contribution in [0.5, 0.6) is 0 Å². The quantitative estimate of drug-likeness (QED) is 0.440. The summed E-state index contributed by atoms with van der Waals surface area (Å²) in [6.45, 7) is 4.38. The van der Waals surface area contributed by atoms with Gasteiger partial charge in [0, 0.05) is 22.3 Å². The molecule has 1 heterocycles. The molecule has 0 bridgehead atoms. The van der Waals surface area contributed by atoms with Crippen molar-refractivity contribution in [1.29, 1.82) is 0 Å². The molecule has 5 nitrogen and oxygen atoms in total. The summed E-state index contributed by atoms with van der Waals surface area (Å²) in [5.74, 6) is 0.916. The van der Waals surface area contributed by atoms with Gasteiger partial charge in [-0.3, -0.25) is 9.36 Å². The van der Waals surface area contributed by atoms with E-state index in [4.69, 9.17) is 0 Å². The van der Waals surface area contributed by atoms with Crippen LogP contribution in [0.4, 0.5) is 5.69 Å². The number of anilines is 1. The van der Waals surface area contributed by atoms with E-state index in [2.05, 4.69) is 38.0 Å². The van der Waals surface area contributed by atoms with E-state index in [1.807, 2.05) is 59.2 Å². The second-order valence-electron chi connectivity index (χ2n) is 5.42. The second-order valence-corrected chi connectivity index (χ2v) is 7.28. The third kappa shape index (κ3) is 4.62. The second kappa shape index (κ2) is 8.82. The zero-order chi connectivity index (χ0) is 18.4.